The summed E-state index contributed by atoms with van der Waals surface area (Å²) < 4.78 is 31.7. The molecule has 1 atom stereocenters. The van der Waals surface area contributed by atoms with Crippen LogP contribution in [-0.4, -0.2) is 45.2 Å². The van der Waals surface area contributed by atoms with Crippen molar-refractivity contribution >= 4 is 15.9 Å². The fourth-order valence-corrected chi connectivity index (χ4v) is 3.46. The zero-order valence-corrected chi connectivity index (χ0v) is 14.2. The molecule has 0 spiro atoms. The molecule has 1 aromatic rings. The Kier molecular flexibility index (Phi) is 6.98. The van der Waals surface area contributed by atoms with Gasteiger partial charge < -0.3 is 15.2 Å². The van der Waals surface area contributed by atoms with E-state index in [0.29, 0.717) is 13.1 Å². The van der Waals surface area contributed by atoms with Crippen molar-refractivity contribution in [3.63, 3.8) is 0 Å². The molecule has 0 aliphatic heterocycles. The van der Waals surface area contributed by atoms with E-state index in [1.165, 1.54) is 20.8 Å². The number of aromatic nitrogens is 1. The van der Waals surface area contributed by atoms with Gasteiger partial charge in [-0.05, 0) is 33.7 Å². The van der Waals surface area contributed by atoms with Gasteiger partial charge >= 0.3 is 0 Å². The zero-order valence-electron chi connectivity index (χ0n) is 13.4. The molecule has 0 aromatic carbocycles. The van der Waals surface area contributed by atoms with Crippen molar-refractivity contribution < 1.29 is 17.7 Å². The van der Waals surface area contributed by atoms with Crippen molar-refractivity contribution in [1.82, 2.24) is 20.5 Å². The van der Waals surface area contributed by atoms with Gasteiger partial charge in [-0.2, -0.15) is 4.72 Å². The van der Waals surface area contributed by atoms with E-state index in [1.54, 1.807) is 0 Å². The van der Waals surface area contributed by atoms with Crippen LogP contribution in [0.1, 0.15) is 31.7 Å². The number of hydrogen-bond donors (Lipinski definition) is 3. The Hall–Kier alpha value is -1.45. The van der Waals surface area contributed by atoms with E-state index in [9.17, 15) is 13.2 Å². The Balaban J connectivity index is 2.56. The van der Waals surface area contributed by atoms with Crippen molar-refractivity contribution in [3.8, 4) is 0 Å². The van der Waals surface area contributed by atoms with Crippen LogP contribution in [0.15, 0.2) is 9.42 Å². The molecule has 1 rings (SSSR count). The second kappa shape index (κ2) is 8.25. The number of nitrogens with one attached hydrogen (secondary N) is 3. The number of aryl methyl sites for hydroxylation is 2. The van der Waals surface area contributed by atoms with Crippen LogP contribution in [0.25, 0.3) is 0 Å². The Labute approximate surface area is 131 Å². The van der Waals surface area contributed by atoms with Gasteiger partial charge in [0.1, 0.15) is 10.6 Å². The van der Waals surface area contributed by atoms with Crippen LogP contribution in [0, 0.1) is 13.8 Å². The van der Waals surface area contributed by atoms with Crippen LogP contribution >= 0.6 is 0 Å². The highest BCUT2D eigenvalue weighted by Gasteiger charge is 2.27. The Morgan fingerprint density at radius 2 is 1.95 bits per heavy atom. The van der Waals surface area contributed by atoms with Crippen LogP contribution in [0.3, 0.4) is 0 Å². The molecular formula is C13H24N4O4S. The molecule has 0 fully saturated rings. The standard InChI is InChI=1S/C13H24N4O4S/c1-5-6-14-7-8-15-13(18)10(3)17-22(19,20)12-9(2)16-21-11(12)4/h10,14,17H,5-8H2,1-4H3,(H,15,18). The normalized spacial score (nSPS) is 13.1. The summed E-state index contributed by atoms with van der Waals surface area (Å²) in [5.74, 6) is -0.185. The first-order chi connectivity index (χ1) is 10.3. The summed E-state index contributed by atoms with van der Waals surface area (Å²) in [6, 6.07) is -0.884. The highest BCUT2D eigenvalue weighted by atomic mass is 32.2. The number of rotatable bonds is 9. The highest BCUT2D eigenvalue weighted by molar-refractivity contribution is 7.89. The molecular weight excluding hydrogens is 308 g/mol. The molecule has 0 saturated carbocycles. The van der Waals surface area contributed by atoms with Crippen molar-refractivity contribution in [1.29, 1.82) is 0 Å². The quantitative estimate of drug-likeness (QED) is 0.552. The molecule has 1 unspecified atom stereocenters. The SMILES string of the molecule is CCCNCCNC(=O)C(C)NS(=O)(=O)c1c(C)noc1C. The smallest absolute Gasteiger partial charge is 0.246 e. The van der Waals surface area contributed by atoms with Gasteiger partial charge in [0, 0.05) is 13.1 Å². The fourth-order valence-electron chi connectivity index (χ4n) is 1.93. The van der Waals surface area contributed by atoms with E-state index < -0.39 is 16.1 Å². The van der Waals surface area contributed by atoms with E-state index in [4.69, 9.17) is 4.52 Å². The molecule has 1 aromatic heterocycles. The average Bonchev–Trinajstić information content (AvgIpc) is 2.77. The van der Waals surface area contributed by atoms with Crippen LogP contribution in [0.2, 0.25) is 0 Å². The molecule has 126 valence electrons. The summed E-state index contributed by atoms with van der Waals surface area (Å²) >= 11 is 0. The predicted molar refractivity (Wildman–Crippen MR) is 81.9 cm³/mol. The van der Waals surface area contributed by atoms with Crippen molar-refractivity contribution in [3.05, 3.63) is 11.5 Å². The number of hydrogen-bond acceptors (Lipinski definition) is 6. The van der Waals surface area contributed by atoms with Crippen LogP contribution in [0.5, 0.6) is 0 Å². The van der Waals surface area contributed by atoms with Gasteiger partial charge in [-0.15, -0.1) is 0 Å². The predicted octanol–water partition coefficient (Wildman–Crippen LogP) is 0.0740. The maximum Gasteiger partial charge on any atom is 0.246 e. The topological polar surface area (TPSA) is 113 Å². The minimum atomic E-state index is -3.84. The molecule has 3 N–H and O–H groups in total. The number of amides is 1. The minimum absolute atomic E-state index is 0.0169. The molecule has 0 saturated heterocycles. The van der Waals surface area contributed by atoms with Gasteiger partial charge in [0.2, 0.25) is 15.9 Å². The molecule has 0 radical (unpaired) electrons. The van der Waals surface area contributed by atoms with Crippen LogP contribution in [0.4, 0.5) is 0 Å². The first-order valence-corrected chi connectivity index (χ1v) is 8.71. The zero-order chi connectivity index (χ0) is 16.8. The van der Waals surface area contributed by atoms with Gasteiger partial charge in [-0.25, -0.2) is 8.42 Å². The Morgan fingerprint density at radius 3 is 2.50 bits per heavy atom. The van der Waals surface area contributed by atoms with Gasteiger partial charge in [-0.1, -0.05) is 12.1 Å². The van der Waals surface area contributed by atoms with E-state index in [1.807, 2.05) is 0 Å². The molecule has 0 aliphatic rings. The Bertz CT molecular complexity index is 578. The van der Waals surface area contributed by atoms with Gasteiger partial charge in [0.15, 0.2) is 5.76 Å². The molecule has 1 amide bonds. The summed E-state index contributed by atoms with van der Waals surface area (Å²) in [6.07, 6.45) is 1.02. The first-order valence-electron chi connectivity index (χ1n) is 7.23. The largest absolute Gasteiger partial charge is 0.360 e. The van der Waals surface area contributed by atoms with Crippen LogP contribution < -0.4 is 15.4 Å². The van der Waals surface area contributed by atoms with E-state index in [-0.39, 0.29) is 22.3 Å². The third-order valence-electron chi connectivity index (χ3n) is 2.99. The van der Waals surface area contributed by atoms with Gasteiger partial charge in [-0.3, -0.25) is 4.79 Å². The number of nitrogens with zero attached hydrogens (tertiary/aromatic N) is 1. The summed E-state index contributed by atoms with van der Waals surface area (Å²) in [5.41, 5.74) is 0.265. The molecule has 0 bridgehead atoms. The van der Waals surface area contributed by atoms with Crippen molar-refractivity contribution in [2.24, 2.45) is 0 Å². The molecule has 0 aliphatic carbocycles. The third kappa shape index (κ3) is 5.08. The fraction of sp³-hybridized carbons (Fsp3) is 0.692. The maximum atomic E-state index is 12.3. The summed E-state index contributed by atoms with van der Waals surface area (Å²) in [4.78, 5) is 11.9. The van der Waals surface area contributed by atoms with Crippen LogP contribution in [-0.2, 0) is 14.8 Å². The summed E-state index contributed by atoms with van der Waals surface area (Å²) in [5, 5.41) is 9.42. The van der Waals surface area contributed by atoms with Gasteiger partial charge in [0.25, 0.3) is 0 Å². The number of carbonyl (C=O) groups excluding carboxylic acids is 1. The monoisotopic (exact) mass is 332 g/mol. The summed E-state index contributed by atoms with van der Waals surface area (Å²) in [6.45, 7) is 8.55. The molecule has 1 heterocycles. The Morgan fingerprint density at radius 1 is 1.27 bits per heavy atom. The minimum Gasteiger partial charge on any atom is -0.360 e. The second-order valence-electron chi connectivity index (χ2n) is 5.04. The second-order valence-corrected chi connectivity index (χ2v) is 6.69. The van der Waals surface area contributed by atoms with E-state index in [2.05, 4.69) is 27.4 Å². The third-order valence-corrected chi connectivity index (χ3v) is 4.77. The lowest BCUT2D eigenvalue weighted by molar-refractivity contribution is -0.122. The van der Waals surface area contributed by atoms with Crippen molar-refractivity contribution in [2.45, 2.75) is 45.1 Å². The summed E-state index contributed by atoms with van der Waals surface area (Å²) in [7, 11) is -3.84. The number of carbonyl (C=O) groups is 1. The lowest BCUT2D eigenvalue weighted by Gasteiger charge is -2.14. The van der Waals surface area contributed by atoms with Gasteiger partial charge in [0.05, 0.1) is 6.04 Å². The first kappa shape index (κ1) is 18.6. The lowest BCUT2D eigenvalue weighted by atomic mass is 10.3. The molecule has 22 heavy (non-hydrogen) atoms. The van der Waals surface area contributed by atoms with Crippen molar-refractivity contribution in [2.75, 3.05) is 19.6 Å². The number of sulfonamides is 1. The lowest BCUT2D eigenvalue weighted by Crippen LogP contribution is -2.46. The maximum absolute atomic E-state index is 12.3. The van der Waals surface area contributed by atoms with E-state index in [0.717, 1.165) is 13.0 Å². The van der Waals surface area contributed by atoms with E-state index >= 15 is 0 Å². The molecule has 9 heteroatoms. The highest BCUT2D eigenvalue weighted by Crippen LogP contribution is 2.18. The average molecular weight is 332 g/mol. The molecule has 8 nitrogen and oxygen atoms in total.